The van der Waals surface area contributed by atoms with Crippen LogP contribution >= 0.6 is 0 Å². The number of carbonyl (C=O) groups is 1. The van der Waals surface area contributed by atoms with Gasteiger partial charge in [-0.2, -0.15) is 10.5 Å². The van der Waals surface area contributed by atoms with Gasteiger partial charge >= 0.3 is 0 Å². The largest absolute Gasteiger partial charge is 0.423 e. The van der Waals surface area contributed by atoms with Crippen molar-refractivity contribution in [2.45, 2.75) is 0 Å². The molecule has 0 saturated carbocycles. The molecule has 0 aliphatic heterocycles. The number of allylic oxidation sites excluding steroid dienone is 2. The number of hydrogen-bond donors (Lipinski definition) is 0. The van der Waals surface area contributed by atoms with Gasteiger partial charge in [0, 0.05) is 0 Å². The molecule has 0 aliphatic rings. The zero-order valence-corrected chi connectivity index (χ0v) is 7.34. The maximum atomic E-state index is 10.9. The van der Waals surface area contributed by atoms with Crippen molar-refractivity contribution in [1.82, 2.24) is 0 Å². The van der Waals surface area contributed by atoms with Crippen molar-refractivity contribution >= 4 is 5.78 Å². The summed E-state index contributed by atoms with van der Waals surface area (Å²) in [5, 5.41) is 16.0. The molecule has 0 aromatic heterocycles. The third-order valence-electron chi connectivity index (χ3n) is 1.05. The fraction of sp³-hybridized carbons (Fsp3) is 0.222. The number of nitrogens with zero attached hydrogens (tertiary/aromatic N) is 2. The predicted molar refractivity (Wildman–Crippen MR) is 46.4 cm³/mol. The Morgan fingerprint density at radius 2 is 1.50 bits per heavy atom. The normalized spacial score (nSPS) is 9.57. The van der Waals surface area contributed by atoms with E-state index in [1.165, 1.54) is 36.8 Å². The highest BCUT2D eigenvalue weighted by Gasteiger charge is 1.87. The van der Waals surface area contributed by atoms with Crippen LogP contribution < -0.4 is 0 Å². The average molecular weight is 192 g/mol. The summed E-state index contributed by atoms with van der Waals surface area (Å²) in [7, 11) is 0. The molecule has 0 aliphatic carbocycles. The zero-order chi connectivity index (χ0) is 10.6. The van der Waals surface area contributed by atoms with Crippen molar-refractivity contribution in [2.24, 2.45) is 0 Å². The summed E-state index contributed by atoms with van der Waals surface area (Å²) in [4.78, 5) is 10.9. The summed E-state index contributed by atoms with van der Waals surface area (Å²) in [6.45, 7) is 0.148. The van der Waals surface area contributed by atoms with Gasteiger partial charge in [0.15, 0.2) is 5.78 Å². The van der Waals surface area contributed by atoms with Crippen LogP contribution in [0.2, 0.25) is 0 Å². The predicted octanol–water partition coefficient (Wildman–Crippen LogP) is 0.663. The quantitative estimate of drug-likeness (QED) is 0.350. The number of carbonyl (C=O) groups excluding carboxylic acids is 1. The smallest absolute Gasteiger partial charge is 0.286 e. The van der Waals surface area contributed by atoms with Gasteiger partial charge < -0.3 is 9.47 Å². The molecule has 0 radical (unpaired) electrons. The fourth-order valence-electron chi connectivity index (χ4n) is 0.555. The van der Waals surface area contributed by atoms with E-state index in [0.717, 1.165) is 0 Å². The van der Waals surface area contributed by atoms with E-state index in [2.05, 4.69) is 9.47 Å². The zero-order valence-electron chi connectivity index (χ0n) is 7.34. The molecular formula is C9H8N2O3. The Balaban J connectivity index is 3.65. The Kier molecular flexibility index (Phi) is 7.39. The van der Waals surface area contributed by atoms with Crippen LogP contribution in [0.1, 0.15) is 0 Å². The van der Waals surface area contributed by atoms with E-state index >= 15 is 0 Å². The van der Waals surface area contributed by atoms with Crippen molar-refractivity contribution in [3.63, 3.8) is 0 Å². The Hall–Kier alpha value is -2.27. The van der Waals surface area contributed by atoms with E-state index in [-0.39, 0.29) is 19.0 Å². The molecule has 0 aromatic rings. The molecule has 0 fully saturated rings. The first kappa shape index (κ1) is 11.7. The standard InChI is InChI=1S/C9H8N2O3/c10-7-13-5-1-3-9(12)4-2-6-14-8-11/h1-4H,5-6H2. The monoisotopic (exact) mass is 192 g/mol. The molecule has 0 bridgehead atoms. The van der Waals surface area contributed by atoms with Gasteiger partial charge in [-0.05, 0) is 24.3 Å². The molecule has 0 saturated heterocycles. The van der Waals surface area contributed by atoms with Gasteiger partial charge in [-0.1, -0.05) is 0 Å². The van der Waals surface area contributed by atoms with Crippen molar-refractivity contribution < 1.29 is 14.3 Å². The van der Waals surface area contributed by atoms with Crippen molar-refractivity contribution in [2.75, 3.05) is 13.2 Å². The molecular weight excluding hydrogens is 184 g/mol. The van der Waals surface area contributed by atoms with Gasteiger partial charge in [0.2, 0.25) is 0 Å². The third kappa shape index (κ3) is 7.83. The van der Waals surface area contributed by atoms with Gasteiger partial charge in [-0.25, -0.2) is 0 Å². The summed E-state index contributed by atoms with van der Waals surface area (Å²) >= 11 is 0. The lowest BCUT2D eigenvalue weighted by atomic mass is 10.3. The maximum Gasteiger partial charge on any atom is 0.286 e. The number of ketones is 1. The molecule has 5 heteroatoms. The minimum absolute atomic E-state index is 0.0742. The highest BCUT2D eigenvalue weighted by molar-refractivity contribution is 5.99. The van der Waals surface area contributed by atoms with Crippen LogP contribution in [-0.2, 0) is 14.3 Å². The first-order valence-electron chi connectivity index (χ1n) is 3.70. The van der Waals surface area contributed by atoms with E-state index in [1.54, 1.807) is 0 Å². The second-order valence-corrected chi connectivity index (χ2v) is 2.01. The minimum atomic E-state index is -0.256. The van der Waals surface area contributed by atoms with E-state index < -0.39 is 0 Å². The Labute approximate surface area is 81.5 Å². The molecule has 0 atom stereocenters. The van der Waals surface area contributed by atoms with Crippen LogP contribution in [0.25, 0.3) is 0 Å². The van der Waals surface area contributed by atoms with E-state index in [4.69, 9.17) is 10.5 Å². The lowest BCUT2D eigenvalue weighted by Crippen LogP contribution is -1.89. The van der Waals surface area contributed by atoms with Crippen LogP contribution in [-0.4, -0.2) is 19.0 Å². The lowest BCUT2D eigenvalue weighted by Gasteiger charge is -1.86. The number of rotatable bonds is 6. The summed E-state index contributed by atoms with van der Waals surface area (Å²) in [5.41, 5.74) is 0. The molecule has 0 unspecified atom stereocenters. The van der Waals surface area contributed by atoms with E-state index in [1.807, 2.05) is 0 Å². The first-order valence-corrected chi connectivity index (χ1v) is 3.70. The van der Waals surface area contributed by atoms with Gasteiger partial charge in [0.1, 0.15) is 13.2 Å². The highest BCUT2D eigenvalue weighted by Crippen LogP contribution is 1.83. The molecule has 0 amide bonds. The SMILES string of the molecule is N#COCC=CC(=O)C=CCOC#N. The number of nitriles is 2. The molecule has 0 spiro atoms. The van der Waals surface area contributed by atoms with Crippen LogP contribution in [0.3, 0.4) is 0 Å². The van der Waals surface area contributed by atoms with Crippen LogP contribution in [0.5, 0.6) is 0 Å². The molecule has 0 aromatic carbocycles. The maximum absolute atomic E-state index is 10.9. The first-order chi connectivity index (χ1) is 6.81. The summed E-state index contributed by atoms with van der Waals surface area (Å²) < 4.78 is 8.60. The number of hydrogen-bond acceptors (Lipinski definition) is 5. The van der Waals surface area contributed by atoms with Crippen molar-refractivity contribution in [3.05, 3.63) is 24.3 Å². The summed E-state index contributed by atoms with van der Waals surface area (Å²) in [5.74, 6) is -0.256. The average Bonchev–Trinajstić information content (AvgIpc) is 2.19. The Bertz CT molecular complexity index is 277. The third-order valence-corrected chi connectivity index (χ3v) is 1.05. The molecule has 14 heavy (non-hydrogen) atoms. The molecule has 5 nitrogen and oxygen atoms in total. The highest BCUT2D eigenvalue weighted by atomic mass is 16.5. The Morgan fingerprint density at radius 3 is 1.86 bits per heavy atom. The van der Waals surface area contributed by atoms with Crippen molar-refractivity contribution in [3.8, 4) is 12.5 Å². The second-order valence-electron chi connectivity index (χ2n) is 2.01. The molecule has 0 rings (SSSR count). The molecule has 72 valence electrons. The molecule has 0 heterocycles. The van der Waals surface area contributed by atoms with Crippen LogP contribution in [0.15, 0.2) is 24.3 Å². The van der Waals surface area contributed by atoms with Crippen LogP contribution in [0, 0.1) is 23.0 Å². The van der Waals surface area contributed by atoms with Gasteiger partial charge in [0.05, 0.1) is 0 Å². The Morgan fingerprint density at radius 1 is 1.07 bits per heavy atom. The van der Waals surface area contributed by atoms with E-state index in [9.17, 15) is 4.79 Å². The second kappa shape index (κ2) is 8.82. The van der Waals surface area contributed by atoms with Crippen LogP contribution in [0.4, 0.5) is 0 Å². The van der Waals surface area contributed by atoms with Gasteiger partial charge in [-0.3, -0.25) is 4.79 Å². The van der Waals surface area contributed by atoms with E-state index in [0.29, 0.717) is 0 Å². The fourth-order valence-corrected chi connectivity index (χ4v) is 0.555. The summed E-state index contributed by atoms with van der Waals surface area (Å²) in [6.07, 6.45) is 8.29. The minimum Gasteiger partial charge on any atom is -0.423 e. The summed E-state index contributed by atoms with van der Waals surface area (Å²) in [6, 6.07) is 0. The topological polar surface area (TPSA) is 83.1 Å². The number of ether oxygens (including phenoxy) is 2. The van der Waals surface area contributed by atoms with Crippen molar-refractivity contribution in [1.29, 1.82) is 10.5 Å². The van der Waals surface area contributed by atoms with Gasteiger partial charge in [0.25, 0.3) is 12.5 Å². The lowest BCUT2D eigenvalue weighted by molar-refractivity contribution is -0.110. The molecule has 0 N–H and O–H groups in total. The van der Waals surface area contributed by atoms with Gasteiger partial charge in [-0.15, -0.1) is 0 Å².